The van der Waals surface area contributed by atoms with Gasteiger partial charge in [0.05, 0.1) is 0 Å². The maximum atomic E-state index is 4.80. The molecule has 1 saturated carbocycles. The van der Waals surface area contributed by atoms with Gasteiger partial charge in [-0.15, -0.1) is 0 Å². The monoisotopic (exact) mass is 400 g/mol. The second-order valence-electron chi connectivity index (χ2n) is 7.28. The standard InChI is InChI=1S/C20H25BrN4/c1-24(19-8-11-22-20(23-19)16-4-5-16)18-10-13-25(14-18)12-9-15-2-6-17(21)7-3-15/h2-3,6-8,11,16,18H,4-5,9-10,12-14H2,1H3. The van der Waals surface area contributed by atoms with Crippen molar-refractivity contribution in [2.24, 2.45) is 0 Å². The Bertz CT molecular complexity index is 714. The van der Waals surface area contributed by atoms with E-state index in [0.29, 0.717) is 12.0 Å². The molecule has 1 unspecified atom stereocenters. The van der Waals surface area contributed by atoms with Crippen LogP contribution in [0.4, 0.5) is 5.82 Å². The van der Waals surface area contributed by atoms with Gasteiger partial charge in [-0.3, -0.25) is 0 Å². The van der Waals surface area contributed by atoms with E-state index in [2.05, 4.69) is 68.1 Å². The Kier molecular flexibility index (Phi) is 5.04. The van der Waals surface area contributed by atoms with Gasteiger partial charge in [0, 0.05) is 49.3 Å². The normalized spacial score (nSPS) is 20.8. The van der Waals surface area contributed by atoms with Gasteiger partial charge in [0.15, 0.2) is 0 Å². The van der Waals surface area contributed by atoms with Crippen LogP contribution in [0.3, 0.4) is 0 Å². The minimum atomic E-state index is 0.548. The smallest absolute Gasteiger partial charge is 0.133 e. The van der Waals surface area contributed by atoms with Gasteiger partial charge in [-0.2, -0.15) is 0 Å². The number of halogens is 1. The number of hydrogen-bond donors (Lipinski definition) is 0. The summed E-state index contributed by atoms with van der Waals surface area (Å²) in [4.78, 5) is 14.2. The van der Waals surface area contributed by atoms with E-state index in [9.17, 15) is 0 Å². The second-order valence-corrected chi connectivity index (χ2v) is 8.19. The van der Waals surface area contributed by atoms with Gasteiger partial charge in [0.1, 0.15) is 11.6 Å². The predicted molar refractivity (Wildman–Crippen MR) is 105 cm³/mol. The fraction of sp³-hybridized carbons (Fsp3) is 0.500. The molecule has 2 fully saturated rings. The zero-order valence-electron chi connectivity index (χ0n) is 14.7. The zero-order chi connectivity index (χ0) is 17.2. The molecule has 0 spiro atoms. The molecule has 1 aromatic heterocycles. The maximum Gasteiger partial charge on any atom is 0.133 e. The Labute approximate surface area is 158 Å². The lowest BCUT2D eigenvalue weighted by molar-refractivity contribution is 0.338. The summed E-state index contributed by atoms with van der Waals surface area (Å²) in [6, 6.07) is 11.3. The highest BCUT2D eigenvalue weighted by Gasteiger charge is 2.29. The van der Waals surface area contributed by atoms with Crippen molar-refractivity contribution in [3.63, 3.8) is 0 Å². The third-order valence-electron chi connectivity index (χ3n) is 5.39. The summed E-state index contributed by atoms with van der Waals surface area (Å²) in [6.45, 7) is 3.42. The van der Waals surface area contributed by atoms with Crippen molar-refractivity contribution in [3.8, 4) is 0 Å². The van der Waals surface area contributed by atoms with E-state index in [1.165, 1.54) is 31.4 Å². The van der Waals surface area contributed by atoms with E-state index in [0.717, 1.165) is 35.6 Å². The van der Waals surface area contributed by atoms with Crippen LogP contribution in [0.2, 0.25) is 0 Å². The molecule has 1 saturated heterocycles. The fourth-order valence-corrected chi connectivity index (χ4v) is 3.82. The molecule has 2 heterocycles. The summed E-state index contributed by atoms with van der Waals surface area (Å²) < 4.78 is 1.15. The highest BCUT2D eigenvalue weighted by Crippen LogP contribution is 2.38. The summed E-state index contributed by atoms with van der Waals surface area (Å²) in [5, 5.41) is 0. The largest absolute Gasteiger partial charge is 0.355 e. The quantitative estimate of drug-likeness (QED) is 0.736. The van der Waals surface area contributed by atoms with Gasteiger partial charge >= 0.3 is 0 Å². The number of likely N-dealkylation sites (N-methyl/N-ethyl adjacent to an activating group) is 1. The van der Waals surface area contributed by atoms with Crippen molar-refractivity contribution in [2.75, 3.05) is 31.6 Å². The molecule has 0 N–H and O–H groups in total. The Morgan fingerprint density at radius 1 is 1.16 bits per heavy atom. The van der Waals surface area contributed by atoms with Crippen molar-refractivity contribution in [1.82, 2.24) is 14.9 Å². The van der Waals surface area contributed by atoms with Crippen LogP contribution < -0.4 is 4.90 Å². The van der Waals surface area contributed by atoms with Gasteiger partial charge < -0.3 is 9.80 Å². The Hall–Kier alpha value is -1.46. The Balaban J connectivity index is 1.32. The minimum Gasteiger partial charge on any atom is -0.355 e. The molecule has 1 aliphatic heterocycles. The number of benzene rings is 1. The average molecular weight is 401 g/mol. The molecule has 0 radical (unpaired) electrons. The average Bonchev–Trinajstić information content (AvgIpc) is 3.39. The highest BCUT2D eigenvalue weighted by molar-refractivity contribution is 9.10. The first-order chi connectivity index (χ1) is 12.2. The highest BCUT2D eigenvalue weighted by atomic mass is 79.9. The first-order valence-electron chi connectivity index (χ1n) is 9.21. The van der Waals surface area contributed by atoms with Crippen molar-refractivity contribution in [1.29, 1.82) is 0 Å². The molecule has 1 atom stereocenters. The zero-order valence-corrected chi connectivity index (χ0v) is 16.3. The lowest BCUT2D eigenvalue weighted by Gasteiger charge is -2.26. The Morgan fingerprint density at radius 3 is 2.72 bits per heavy atom. The van der Waals surface area contributed by atoms with Crippen LogP contribution in [0.25, 0.3) is 0 Å². The lowest BCUT2D eigenvalue weighted by Crippen LogP contribution is -2.35. The molecule has 0 bridgehead atoms. The molecule has 25 heavy (non-hydrogen) atoms. The lowest BCUT2D eigenvalue weighted by atomic mass is 10.1. The van der Waals surface area contributed by atoms with Crippen molar-refractivity contribution in [3.05, 3.63) is 52.4 Å². The topological polar surface area (TPSA) is 32.3 Å². The van der Waals surface area contributed by atoms with E-state index in [1.807, 2.05) is 6.20 Å². The van der Waals surface area contributed by atoms with Crippen LogP contribution in [0, 0.1) is 0 Å². The second kappa shape index (κ2) is 7.42. The first-order valence-corrected chi connectivity index (χ1v) is 10.0. The van der Waals surface area contributed by atoms with E-state index >= 15 is 0 Å². The molecule has 132 valence electrons. The van der Waals surface area contributed by atoms with Gasteiger partial charge in [0.2, 0.25) is 0 Å². The fourth-order valence-electron chi connectivity index (χ4n) is 3.56. The Morgan fingerprint density at radius 2 is 1.96 bits per heavy atom. The number of nitrogens with zero attached hydrogens (tertiary/aromatic N) is 4. The molecule has 1 aliphatic carbocycles. The summed E-state index contributed by atoms with van der Waals surface area (Å²) in [5.74, 6) is 2.73. The van der Waals surface area contributed by atoms with E-state index in [-0.39, 0.29) is 0 Å². The molecule has 4 nitrogen and oxygen atoms in total. The molecular weight excluding hydrogens is 376 g/mol. The van der Waals surface area contributed by atoms with Crippen LogP contribution in [0.1, 0.15) is 36.6 Å². The third kappa shape index (κ3) is 4.21. The van der Waals surface area contributed by atoms with Crippen LogP contribution in [0.15, 0.2) is 41.0 Å². The summed E-state index contributed by atoms with van der Waals surface area (Å²) in [7, 11) is 2.18. The number of hydrogen-bond acceptors (Lipinski definition) is 4. The molecule has 2 aliphatic rings. The summed E-state index contributed by atoms with van der Waals surface area (Å²) >= 11 is 3.50. The SMILES string of the molecule is CN(c1ccnc(C2CC2)n1)C1CCN(CCc2ccc(Br)cc2)C1. The van der Waals surface area contributed by atoms with E-state index in [1.54, 1.807) is 0 Å². The number of rotatable bonds is 6. The number of anilines is 1. The van der Waals surface area contributed by atoms with Crippen LogP contribution >= 0.6 is 15.9 Å². The van der Waals surface area contributed by atoms with E-state index in [4.69, 9.17) is 4.98 Å². The van der Waals surface area contributed by atoms with Crippen LogP contribution in [-0.4, -0.2) is 47.6 Å². The molecule has 1 aromatic carbocycles. The van der Waals surface area contributed by atoms with E-state index < -0.39 is 0 Å². The molecule has 2 aromatic rings. The van der Waals surface area contributed by atoms with Crippen molar-refractivity contribution in [2.45, 2.75) is 37.6 Å². The first kappa shape index (κ1) is 17.0. The predicted octanol–water partition coefficient (Wildman–Crippen LogP) is 3.87. The van der Waals surface area contributed by atoms with Gasteiger partial charge in [-0.25, -0.2) is 9.97 Å². The summed E-state index contributed by atoms with van der Waals surface area (Å²) in [5.41, 5.74) is 1.41. The molecule has 5 heteroatoms. The molecular formula is C20H25BrN4. The molecule has 0 amide bonds. The van der Waals surface area contributed by atoms with Crippen molar-refractivity contribution >= 4 is 21.7 Å². The van der Waals surface area contributed by atoms with Crippen LogP contribution in [0.5, 0.6) is 0 Å². The number of likely N-dealkylation sites (tertiary alicyclic amines) is 1. The van der Waals surface area contributed by atoms with Gasteiger partial charge in [-0.1, -0.05) is 28.1 Å². The van der Waals surface area contributed by atoms with Gasteiger partial charge in [0.25, 0.3) is 0 Å². The maximum absolute atomic E-state index is 4.80. The van der Waals surface area contributed by atoms with Gasteiger partial charge in [-0.05, 0) is 49.4 Å². The number of aromatic nitrogens is 2. The van der Waals surface area contributed by atoms with Crippen molar-refractivity contribution < 1.29 is 0 Å². The van der Waals surface area contributed by atoms with Crippen LogP contribution in [-0.2, 0) is 6.42 Å². The summed E-state index contributed by atoms with van der Waals surface area (Å²) in [6.07, 6.45) is 6.75. The minimum absolute atomic E-state index is 0.548. The third-order valence-corrected chi connectivity index (χ3v) is 5.92. The molecule has 4 rings (SSSR count).